The van der Waals surface area contributed by atoms with E-state index in [-0.39, 0.29) is 5.91 Å². The van der Waals surface area contributed by atoms with Crippen molar-refractivity contribution in [2.75, 3.05) is 20.3 Å². The normalized spacial score (nSPS) is 17.9. The summed E-state index contributed by atoms with van der Waals surface area (Å²) >= 11 is 0. The first-order valence-corrected chi connectivity index (χ1v) is 8.00. The van der Waals surface area contributed by atoms with Crippen LogP contribution in [-0.2, 0) is 19.8 Å². The van der Waals surface area contributed by atoms with E-state index in [0.717, 1.165) is 5.56 Å². The number of aromatic nitrogens is 2. The van der Waals surface area contributed by atoms with Crippen molar-refractivity contribution in [2.45, 2.75) is 24.5 Å². The highest BCUT2D eigenvalue weighted by atomic mass is 16.5. The fourth-order valence-electron chi connectivity index (χ4n) is 2.99. The molecule has 1 aliphatic heterocycles. The Kier molecular flexibility index (Phi) is 5.17. The number of nitrogens with zero attached hydrogens (tertiary/aromatic N) is 2. The maximum atomic E-state index is 12.9. The Morgan fingerprint density at radius 2 is 1.83 bits per heavy atom. The van der Waals surface area contributed by atoms with Crippen LogP contribution in [0.25, 0.3) is 0 Å². The molecule has 1 N–H and O–H groups in total. The Balaban J connectivity index is 1.86. The molecule has 6 nitrogen and oxygen atoms in total. The van der Waals surface area contributed by atoms with Gasteiger partial charge in [0, 0.05) is 45.6 Å². The van der Waals surface area contributed by atoms with Crippen LogP contribution in [-0.4, -0.2) is 36.2 Å². The Hall–Kier alpha value is -2.31. The van der Waals surface area contributed by atoms with Gasteiger partial charge in [0.15, 0.2) is 11.9 Å². The van der Waals surface area contributed by atoms with Crippen molar-refractivity contribution in [2.24, 2.45) is 0 Å². The zero-order chi connectivity index (χ0) is 16.8. The number of benzene rings is 1. The predicted octanol–water partition coefficient (Wildman–Crippen LogP) is 1.99. The standard InChI is InChI=1S/C18H21N3O3/c1-23-15(14-6-3-2-4-7-14)16(22)21-18(8-12-24-13-9-18)17-19-10-5-11-20-17/h2-7,10-11,15H,8-9,12-13H2,1H3,(H,21,22). The van der Waals surface area contributed by atoms with E-state index in [4.69, 9.17) is 9.47 Å². The number of carbonyl (C=O) groups excluding carboxylic acids is 1. The molecule has 0 bridgehead atoms. The van der Waals surface area contributed by atoms with Crippen molar-refractivity contribution in [3.63, 3.8) is 0 Å². The summed E-state index contributed by atoms with van der Waals surface area (Å²) in [6, 6.07) is 11.2. The molecule has 3 rings (SSSR count). The molecule has 1 atom stereocenters. The average molecular weight is 327 g/mol. The summed E-state index contributed by atoms with van der Waals surface area (Å²) < 4.78 is 10.9. The molecule has 1 aromatic heterocycles. The number of hydrogen-bond donors (Lipinski definition) is 1. The van der Waals surface area contributed by atoms with Gasteiger partial charge in [-0.2, -0.15) is 0 Å². The van der Waals surface area contributed by atoms with E-state index in [1.54, 1.807) is 18.5 Å². The number of carbonyl (C=O) groups is 1. The van der Waals surface area contributed by atoms with Crippen LogP contribution < -0.4 is 5.32 Å². The van der Waals surface area contributed by atoms with Crippen LogP contribution in [0, 0.1) is 0 Å². The lowest BCUT2D eigenvalue weighted by atomic mass is 9.88. The minimum Gasteiger partial charge on any atom is -0.381 e. The number of ether oxygens (including phenoxy) is 2. The summed E-state index contributed by atoms with van der Waals surface area (Å²) in [6.45, 7) is 1.11. The summed E-state index contributed by atoms with van der Waals surface area (Å²) in [7, 11) is 1.53. The minimum absolute atomic E-state index is 0.196. The molecular weight excluding hydrogens is 306 g/mol. The zero-order valence-corrected chi connectivity index (χ0v) is 13.6. The van der Waals surface area contributed by atoms with Gasteiger partial charge in [0.1, 0.15) is 5.54 Å². The van der Waals surface area contributed by atoms with Crippen LogP contribution in [0.1, 0.15) is 30.3 Å². The molecule has 1 aliphatic rings. The van der Waals surface area contributed by atoms with Crippen LogP contribution in [0.2, 0.25) is 0 Å². The maximum absolute atomic E-state index is 12.9. The number of rotatable bonds is 5. The largest absolute Gasteiger partial charge is 0.381 e. The van der Waals surface area contributed by atoms with Crippen LogP contribution in [0.3, 0.4) is 0 Å². The highest BCUT2D eigenvalue weighted by Crippen LogP contribution is 2.31. The first-order chi connectivity index (χ1) is 11.7. The Labute approximate surface area is 141 Å². The molecule has 1 aromatic carbocycles. The smallest absolute Gasteiger partial charge is 0.254 e. The van der Waals surface area contributed by atoms with E-state index in [1.807, 2.05) is 30.3 Å². The van der Waals surface area contributed by atoms with E-state index < -0.39 is 11.6 Å². The third-order valence-electron chi connectivity index (χ3n) is 4.28. The van der Waals surface area contributed by atoms with Gasteiger partial charge in [-0.1, -0.05) is 30.3 Å². The lowest BCUT2D eigenvalue weighted by Gasteiger charge is -2.37. The molecule has 1 unspecified atom stereocenters. The Bertz CT molecular complexity index is 658. The molecule has 1 amide bonds. The number of methoxy groups -OCH3 is 1. The van der Waals surface area contributed by atoms with Gasteiger partial charge in [-0.05, 0) is 11.6 Å². The zero-order valence-electron chi connectivity index (χ0n) is 13.6. The molecule has 0 radical (unpaired) electrons. The number of amides is 1. The number of nitrogens with one attached hydrogen (secondary N) is 1. The first-order valence-electron chi connectivity index (χ1n) is 8.00. The summed E-state index contributed by atoms with van der Waals surface area (Å²) in [5.74, 6) is 0.419. The van der Waals surface area contributed by atoms with E-state index in [2.05, 4.69) is 15.3 Å². The third-order valence-corrected chi connectivity index (χ3v) is 4.28. The fourth-order valence-corrected chi connectivity index (χ4v) is 2.99. The SMILES string of the molecule is COC(C(=O)NC1(c2ncccn2)CCOCC1)c1ccccc1. The highest BCUT2D eigenvalue weighted by molar-refractivity contribution is 5.83. The van der Waals surface area contributed by atoms with Gasteiger partial charge in [-0.15, -0.1) is 0 Å². The van der Waals surface area contributed by atoms with Gasteiger partial charge < -0.3 is 14.8 Å². The van der Waals surface area contributed by atoms with Gasteiger partial charge in [-0.3, -0.25) is 4.79 Å². The first kappa shape index (κ1) is 16.5. The summed E-state index contributed by atoms with van der Waals surface area (Å²) in [4.78, 5) is 21.6. The van der Waals surface area contributed by atoms with E-state index in [1.165, 1.54) is 7.11 Å². The molecule has 1 fully saturated rings. The van der Waals surface area contributed by atoms with Crippen molar-refractivity contribution in [1.29, 1.82) is 0 Å². The molecule has 0 spiro atoms. The van der Waals surface area contributed by atoms with Crippen molar-refractivity contribution in [3.8, 4) is 0 Å². The van der Waals surface area contributed by atoms with Gasteiger partial charge in [0.2, 0.25) is 0 Å². The second kappa shape index (κ2) is 7.51. The Morgan fingerprint density at radius 1 is 1.17 bits per heavy atom. The third kappa shape index (κ3) is 3.44. The highest BCUT2D eigenvalue weighted by Gasteiger charge is 2.40. The van der Waals surface area contributed by atoms with E-state index >= 15 is 0 Å². The second-order valence-electron chi connectivity index (χ2n) is 5.78. The molecule has 2 aromatic rings. The second-order valence-corrected chi connectivity index (χ2v) is 5.78. The Morgan fingerprint density at radius 3 is 2.46 bits per heavy atom. The summed E-state index contributed by atoms with van der Waals surface area (Å²) in [5.41, 5.74) is 0.191. The topological polar surface area (TPSA) is 73.3 Å². The predicted molar refractivity (Wildman–Crippen MR) is 88.1 cm³/mol. The number of hydrogen-bond acceptors (Lipinski definition) is 5. The van der Waals surface area contributed by atoms with Gasteiger partial charge in [0.05, 0.1) is 0 Å². The van der Waals surface area contributed by atoms with Crippen molar-refractivity contribution < 1.29 is 14.3 Å². The molecule has 0 aliphatic carbocycles. The quantitative estimate of drug-likeness (QED) is 0.909. The monoisotopic (exact) mass is 327 g/mol. The van der Waals surface area contributed by atoms with Crippen LogP contribution in [0.4, 0.5) is 0 Å². The van der Waals surface area contributed by atoms with Gasteiger partial charge in [-0.25, -0.2) is 9.97 Å². The van der Waals surface area contributed by atoms with Crippen molar-refractivity contribution in [3.05, 3.63) is 60.2 Å². The molecular formula is C18H21N3O3. The lowest BCUT2D eigenvalue weighted by Crippen LogP contribution is -2.52. The summed E-state index contributed by atoms with van der Waals surface area (Å²) in [5, 5.41) is 3.13. The lowest BCUT2D eigenvalue weighted by molar-refractivity contribution is -0.135. The van der Waals surface area contributed by atoms with Gasteiger partial charge >= 0.3 is 0 Å². The van der Waals surface area contributed by atoms with Crippen LogP contribution in [0.15, 0.2) is 48.8 Å². The minimum atomic E-state index is -0.672. The van der Waals surface area contributed by atoms with Crippen molar-refractivity contribution in [1.82, 2.24) is 15.3 Å². The molecule has 24 heavy (non-hydrogen) atoms. The molecule has 126 valence electrons. The van der Waals surface area contributed by atoms with E-state index in [9.17, 15) is 4.79 Å². The van der Waals surface area contributed by atoms with E-state index in [0.29, 0.717) is 31.9 Å². The molecule has 6 heteroatoms. The summed E-state index contributed by atoms with van der Waals surface area (Å²) in [6.07, 6.45) is 3.98. The van der Waals surface area contributed by atoms with Crippen LogP contribution in [0.5, 0.6) is 0 Å². The molecule has 2 heterocycles. The van der Waals surface area contributed by atoms with Crippen LogP contribution >= 0.6 is 0 Å². The molecule has 1 saturated heterocycles. The van der Waals surface area contributed by atoms with Gasteiger partial charge in [0.25, 0.3) is 5.91 Å². The van der Waals surface area contributed by atoms with Crippen molar-refractivity contribution >= 4 is 5.91 Å². The molecule has 0 saturated carbocycles. The fraction of sp³-hybridized carbons (Fsp3) is 0.389. The average Bonchev–Trinajstić information content (AvgIpc) is 2.65. The maximum Gasteiger partial charge on any atom is 0.254 e.